The number of hydrogen-bond donors (Lipinski definition) is 3. The number of benzene rings is 1. The summed E-state index contributed by atoms with van der Waals surface area (Å²) in [4.78, 5) is 18.0. The second-order valence-corrected chi connectivity index (χ2v) is 7.89. The molecule has 3 atom stereocenters. The van der Waals surface area contributed by atoms with Crippen molar-refractivity contribution in [2.24, 2.45) is 5.92 Å². The Bertz CT molecular complexity index is 995. The molecule has 0 saturated carbocycles. The molecule has 130 valence electrons. The van der Waals surface area contributed by atoms with Crippen LogP contribution in [0.3, 0.4) is 0 Å². The van der Waals surface area contributed by atoms with Crippen LogP contribution in [0.15, 0.2) is 29.2 Å². The minimum atomic E-state index is 0.0425. The van der Waals surface area contributed by atoms with Crippen LogP contribution in [0.1, 0.15) is 34.7 Å². The van der Waals surface area contributed by atoms with Gasteiger partial charge in [-0.25, -0.2) is 0 Å². The summed E-state index contributed by atoms with van der Waals surface area (Å²) in [5.74, 6) is 1.06. The van der Waals surface area contributed by atoms with Crippen LogP contribution in [-0.2, 0) is 12.8 Å². The summed E-state index contributed by atoms with van der Waals surface area (Å²) in [6.45, 7) is 3.04. The van der Waals surface area contributed by atoms with E-state index in [0.29, 0.717) is 17.9 Å². The minimum absolute atomic E-state index is 0.0425. The fourth-order valence-electron chi connectivity index (χ4n) is 5.21. The Hall–Kier alpha value is -2.27. The van der Waals surface area contributed by atoms with E-state index >= 15 is 0 Å². The molecule has 3 N–H and O–H groups in total. The Labute approximate surface area is 146 Å². The van der Waals surface area contributed by atoms with E-state index in [0.717, 1.165) is 37.1 Å². The molecular weight excluding hydrogens is 312 g/mol. The third-order valence-corrected chi connectivity index (χ3v) is 6.40. The highest BCUT2D eigenvalue weighted by Gasteiger charge is 2.39. The van der Waals surface area contributed by atoms with Gasteiger partial charge in [-0.2, -0.15) is 0 Å². The number of fused-ring (bicyclic) bond motifs is 2. The highest BCUT2D eigenvalue weighted by atomic mass is 16.1. The molecule has 1 fully saturated rings. The first-order chi connectivity index (χ1) is 12.1. The molecule has 2 aliphatic rings. The molecule has 5 heteroatoms. The molecule has 1 aromatic carbocycles. The van der Waals surface area contributed by atoms with Gasteiger partial charge >= 0.3 is 0 Å². The van der Waals surface area contributed by atoms with Gasteiger partial charge in [0.2, 0.25) is 0 Å². The first-order valence-corrected chi connectivity index (χ1v) is 9.17. The molecule has 25 heavy (non-hydrogen) atoms. The van der Waals surface area contributed by atoms with Crippen molar-refractivity contribution in [1.29, 1.82) is 0 Å². The number of likely N-dealkylation sites (tertiary alicyclic amines) is 1. The van der Waals surface area contributed by atoms with E-state index in [4.69, 9.17) is 0 Å². The predicted octanol–water partition coefficient (Wildman–Crippen LogP) is 2.70. The van der Waals surface area contributed by atoms with E-state index in [1.54, 1.807) is 0 Å². The first kappa shape index (κ1) is 15.0. The zero-order valence-corrected chi connectivity index (χ0v) is 14.7. The smallest absolute Gasteiger partial charge is 0.267 e. The van der Waals surface area contributed by atoms with Crippen LogP contribution in [0.5, 0.6) is 0 Å². The summed E-state index contributed by atoms with van der Waals surface area (Å²) in [6, 6.07) is 7.22. The zero-order chi connectivity index (χ0) is 17.1. The molecule has 3 heterocycles. The lowest BCUT2D eigenvalue weighted by Crippen LogP contribution is -2.48. The molecule has 5 rings (SSSR count). The summed E-state index contributed by atoms with van der Waals surface area (Å²) in [5.41, 5.74) is 6.15. The van der Waals surface area contributed by atoms with Crippen LogP contribution in [0.25, 0.3) is 10.9 Å². The summed E-state index contributed by atoms with van der Waals surface area (Å²) in [5, 5.41) is 7.12. The van der Waals surface area contributed by atoms with Crippen molar-refractivity contribution in [3.05, 3.63) is 57.1 Å². The lowest BCUT2D eigenvalue weighted by Gasteiger charge is -2.45. The number of aromatic amines is 3. The topological polar surface area (TPSA) is 67.7 Å². The lowest BCUT2D eigenvalue weighted by molar-refractivity contribution is 0.111. The van der Waals surface area contributed by atoms with Gasteiger partial charge in [-0.15, -0.1) is 0 Å². The third-order valence-electron chi connectivity index (χ3n) is 6.40. The maximum absolute atomic E-state index is 12.1. The molecule has 2 aromatic heterocycles. The number of rotatable bonds is 2. The van der Waals surface area contributed by atoms with Gasteiger partial charge in [0, 0.05) is 46.9 Å². The molecule has 1 saturated heterocycles. The number of hydrogen-bond acceptors (Lipinski definition) is 2. The minimum Gasteiger partial charge on any atom is -0.361 e. The van der Waals surface area contributed by atoms with E-state index in [-0.39, 0.29) is 5.56 Å². The maximum Gasteiger partial charge on any atom is 0.267 e. The molecule has 0 bridgehead atoms. The molecule has 1 unspecified atom stereocenters. The number of nitrogens with one attached hydrogen (secondary N) is 3. The first-order valence-electron chi connectivity index (χ1n) is 9.17. The van der Waals surface area contributed by atoms with E-state index < -0.39 is 0 Å². The van der Waals surface area contributed by atoms with E-state index in [1.165, 1.54) is 22.0 Å². The van der Waals surface area contributed by atoms with Gasteiger partial charge in [0.05, 0.1) is 0 Å². The molecule has 1 aliphatic carbocycles. The maximum atomic E-state index is 12.1. The monoisotopic (exact) mass is 336 g/mol. The van der Waals surface area contributed by atoms with Gasteiger partial charge in [-0.3, -0.25) is 9.89 Å². The quantitative estimate of drug-likeness (QED) is 0.673. The Morgan fingerprint density at radius 3 is 2.96 bits per heavy atom. The van der Waals surface area contributed by atoms with Crippen LogP contribution in [-0.4, -0.2) is 39.7 Å². The normalized spacial score (nSPS) is 26.1. The number of piperidine rings is 1. The molecule has 1 aliphatic heterocycles. The molecular formula is C20H24N4O. The molecule has 5 nitrogen and oxygen atoms in total. The average molecular weight is 336 g/mol. The van der Waals surface area contributed by atoms with Crippen LogP contribution in [0.2, 0.25) is 0 Å². The second-order valence-electron chi connectivity index (χ2n) is 7.89. The standard InChI is InChI=1S/C20H24N4O/c1-11-15(20(25)23-22-11)6-12-7-16-14-4-3-5-17-19(14)13(9-21-17)8-18(16)24(2)10-12/h3-5,9,12,16,18,21H,6-8,10H2,1-2H3,(H2,22,23,25)/t12?,16-,18-/m1/s1. The zero-order valence-electron chi connectivity index (χ0n) is 14.7. The Balaban J connectivity index is 1.51. The highest BCUT2D eigenvalue weighted by molar-refractivity contribution is 5.88. The van der Waals surface area contributed by atoms with Crippen LogP contribution in [0.4, 0.5) is 0 Å². The van der Waals surface area contributed by atoms with Crippen molar-refractivity contribution in [3.63, 3.8) is 0 Å². The number of aryl methyl sites for hydroxylation is 1. The second kappa shape index (κ2) is 5.36. The number of nitrogens with zero attached hydrogens (tertiary/aromatic N) is 1. The average Bonchev–Trinajstić information content (AvgIpc) is 3.16. The van der Waals surface area contributed by atoms with Crippen molar-refractivity contribution < 1.29 is 0 Å². The van der Waals surface area contributed by atoms with Crippen LogP contribution in [0, 0.1) is 12.8 Å². The molecule has 3 aromatic rings. The Kier molecular flexibility index (Phi) is 3.22. The number of H-pyrrole nitrogens is 3. The van der Waals surface area contributed by atoms with Crippen molar-refractivity contribution in [3.8, 4) is 0 Å². The summed E-state index contributed by atoms with van der Waals surface area (Å²) < 4.78 is 0. The van der Waals surface area contributed by atoms with Gasteiger partial charge in [0.15, 0.2) is 0 Å². The van der Waals surface area contributed by atoms with Crippen molar-refractivity contribution in [2.75, 3.05) is 13.6 Å². The Morgan fingerprint density at radius 1 is 1.28 bits per heavy atom. The molecule has 0 spiro atoms. The summed E-state index contributed by atoms with van der Waals surface area (Å²) in [6.07, 6.45) is 5.32. The fraction of sp³-hybridized carbons (Fsp3) is 0.450. The van der Waals surface area contributed by atoms with Gasteiger partial charge in [0.1, 0.15) is 0 Å². The predicted molar refractivity (Wildman–Crippen MR) is 99.1 cm³/mol. The van der Waals surface area contributed by atoms with Gasteiger partial charge < -0.3 is 15.0 Å². The summed E-state index contributed by atoms with van der Waals surface area (Å²) in [7, 11) is 2.25. The Morgan fingerprint density at radius 2 is 2.16 bits per heavy atom. The fourth-order valence-corrected chi connectivity index (χ4v) is 5.21. The largest absolute Gasteiger partial charge is 0.361 e. The van der Waals surface area contributed by atoms with Crippen LogP contribution >= 0.6 is 0 Å². The van der Waals surface area contributed by atoms with Gasteiger partial charge in [-0.05, 0) is 56.3 Å². The number of likely N-dealkylation sites (N-methyl/N-ethyl adjacent to an activating group) is 1. The van der Waals surface area contributed by atoms with E-state index in [1.807, 2.05) is 6.92 Å². The van der Waals surface area contributed by atoms with Gasteiger partial charge in [-0.1, -0.05) is 12.1 Å². The SMILES string of the molecule is Cc1[nH][nH]c(=O)c1CC1C[C@@H]2c3cccc4[nH]cc(c34)C[C@H]2N(C)C1. The van der Waals surface area contributed by atoms with Crippen molar-refractivity contribution >= 4 is 10.9 Å². The van der Waals surface area contributed by atoms with Crippen molar-refractivity contribution in [2.45, 2.75) is 38.1 Å². The van der Waals surface area contributed by atoms with E-state index in [2.05, 4.69) is 51.5 Å². The lowest BCUT2D eigenvalue weighted by atomic mass is 9.71. The van der Waals surface area contributed by atoms with E-state index in [9.17, 15) is 4.79 Å². The van der Waals surface area contributed by atoms with Gasteiger partial charge in [0.25, 0.3) is 5.56 Å². The van der Waals surface area contributed by atoms with Crippen molar-refractivity contribution in [1.82, 2.24) is 20.1 Å². The number of aromatic nitrogens is 3. The summed E-state index contributed by atoms with van der Waals surface area (Å²) >= 11 is 0. The highest BCUT2D eigenvalue weighted by Crippen LogP contribution is 2.44. The molecule has 0 radical (unpaired) electrons. The third kappa shape index (κ3) is 2.22. The molecule has 0 amide bonds. The van der Waals surface area contributed by atoms with Crippen LogP contribution < -0.4 is 5.56 Å².